The zero-order chi connectivity index (χ0) is 15.3. The standard InChI is InChI=1S/C15H20FNO3/c1-5-6-13(18)11-9-10(7-8-12(11)16)17-14(19)20-15(2,3)4/h7-9H,5-6H2,1-4H3,(H,17,19). The van der Waals surface area contributed by atoms with Crippen LogP contribution in [-0.4, -0.2) is 17.5 Å². The van der Waals surface area contributed by atoms with Crippen LogP contribution in [0.1, 0.15) is 50.9 Å². The number of rotatable bonds is 4. The van der Waals surface area contributed by atoms with E-state index in [1.165, 1.54) is 12.1 Å². The van der Waals surface area contributed by atoms with Crippen LogP contribution in [0, 0.1) is 5.82 Å². The highest BCUT2D eigenvalue weighted by atomic mass is 19.1. The Morgan fingerprint density at radius 3 is 2.50 bits per heavy atom. The largest absolute Gasteiger partial charge is 0.444 e. The van der Waals surface area contributed by atoms with Crippen LogP contribution >= 0.6 is 0 Å². The maximum Gasteiger partial charge on any atom is 0.412 e. The molecule has 0 saturated heterocycles. The molecule has 0 saturated carbocycles. The molecule has 0 unspecified atom stereocenters. The van der Waals surface area contributed by atoms with Crippen LogP contribution in [0.25, 0.3) is 0 Å². The van der Waals surface area contributed by atoms with Crippen LogP contribution in [-0.2, 0) is 4.74 Å². The summed E-state index contributed by atoms with van der Waals surface area (Å²) in [5, 5.41) is 2.48. The Morgan fingerprint density at radius 2 is 1.95 bits per heavy atom. The third-order valence-electron chi connectivity index (χ3n) is 2.39. The fourth-order valence-corrected chi connectivity index (χ4v) is 1.60. The van der Waals surface area contributed by atoms with E-state index >= 15 is 0 Å². The molecule has 0 heterocycles. The molecule has 20 heavy (non-hydrogen) atoms. The Balaban J connectivity index is 2.85. The van der Waals surface area contributed by atoms with E-state index in [1.54, 1.807) is 20.8 Å². The van der Waals surface area contributed by atoms with E-state index in [9.17, 15) is 14.0 Å². The minimum Gasteiger partial charge on any atom is -0.444 e. The first-order chi connectivity index (χ1) is 9.23. The van der Waals surface area contributed by atoms with Gasteiger partial charge in [-0.25, -0.2) is 9.18 Å². The Bertz CT molecular complexity index is 506. The highest BCUT2D eigenvalue weighted by Crippen LogP contribution is 2.18. The molecule has 1 N–H and O–H groups in total. The van der Waals surface area contributed by atoms with Crippen LogP contribution in [0.5, 0.6) is 0 Å². The maximum absolute atomic E-state index is 13.6. The predicted octanol–water partition coefficient (Wildman–Crippen LogP) is 4.16. The van der Waals surface area contributed by atoms with Crippen molar-refractivity contribution < 1.29 is 18.7 Å². The van der Waals surface area contributed by atoms with Gasteiger partial charge < -0.3 is 4.74 Å². The van der Waals surface area contributed by atoms with Crippen molar-refractivity contribution in [3.63, 3.8) is 0 Å². The second-order valence-corrected chi connectivity index (χ2v) is 5.49. The fourth-order valence-electron chi connectivity index (χ4n) is 1.60. The molecule has 1 amide bonds. The number of ketones is 1. The van der Waals surface area contributed by atoms with E-state index < -0.39 is 17.5 Å². The number of amides is 1. The van der Waals surface area contributed by atoms with E-state index in [4.69, 9.17) is 4.74 Å². The first kappa shape index (κ1) is 16.1. The number of hydrogen-bond donors (Lipinski definition) is 1. The highest BCUT2D eigenvalue weighted by molar-refractivity contribution is 5.98. The number of anilines is 1. The summed E-state index contributed by atoms with van der Waals surface area (Å²) in [5.74, 6) is -0.865. The normalized spacial score (nSPS) is 11.1. The van der Waals surface area contributed by atoms with Crippen molar-refractivity contribution in [3.8, 4) is 0 Å². The minimum absolute atomic E-state index is 0.0135. The zero-order valence-electron chi connectivity index (χ0n) is 12.2. The van der Waals surface area contributed by atoms with Gasteiger partial charge in [0.25, 0.3) is 0 Å². The number of hydrogen-bond acceptors (Lipinski definition) is 3. The number of nitrogens with one attached hydrogen (secondary N) is 1. The second-order valence-electron chi connectivity index (χ2n) is 5.49. The molecule has 0 spiro atoms. The Kier molecular flexibility index (Phi) is 5.25. The summed E-state index contributed by atoms with van der Waals surface area (Å²) in [7, 11) is 0. The highest BCUT2D eigenvalue weighted by Gasteiger charge is 2.17. The molecule has 1 rings (SSSR count). The van der Waals surface area contributed by atoms with Gasteiger partial charge in [-0.3, -0.25) is 10.1 Å². The summed E-state index contributed by atoms with van der Waals surface area (Å²) in [5.41, 5.74) is -0.300. The van der Waals surface area contributed by atoms with Gasteiger partial charge in [0, 0.05) is 12.1 Å². The first-order valence-corrected chi connectivity index (χ1v) is 6.55. The molecule has 1 aromatic rings. The lowest BCUT2D eigenvalue weighted by molar-refractivity contribution is 0.0635. The lowest BCUT2D eigenvalue weighted by Gasteiger charge is -2.19. The molecule has 0 fully saturated rings. The summed E-state index contributed by atoms with van der Waals surface area (Å²) >= 11 is 0. The molecular weight excluding hydrogens is 261 g/mol. The molecule has 0 aliphatic carbocycles. The van der Waals surface area contributed by atoms with E-state index in [0.29, 0.717) is 12.1 Å². The Morgan fingerprint density at radius 1 is 1.30 bits per heavy atom. The SMILES string of the molecule is CCCC(=O)c1cc(NC(=O)OC(C)(C)C)ccc1F. The minimum atomic E-state index is -0.641. The Hall–Kier alpha value is -1.91. The van der Waals surface area contributed by atoms with Crippen LogP contribution in [0.15, 0.2) is 18.2 Å². The third kappa shape index (κ3) is 4.99. The van der Waals surface area contributed by atoms with Crippen molar-refractivity contribution in [2.75, 3.05) is 5.32 Å². The predicted molar refractivity (Wildman–Crippen MR) is 75.5 cm³/mol. The van der Waals surface area contributed by atoms with Crippen LogP contribution < -0.4 is 5.32 Å². The van der Waals surface area contributed by atoms with Crippen molar-refractivity contribution in [1.29, 1.82) is 0 Å². The number of Topliss-reactive ketones (excluding diaryl/α,β-unsaturated/α-hetero) is 1. The molecule has 1 aromatic carbocycles. The van der Waals surface area contributed by atoms with Gasteiger partial charge in [0.1, 0.15) is 11.4 Å². The van der Waals surface area contributed by atoms with Crippen molar-refractivity contribution in [3.05, 3.63) is 29.6 Å². The van der Waals surface area contributed by atoms with Gasteiger partial charge in [-0.2, -0.15) is 0 Å². The summed E-state index contributed by atoms with van der Waals surface area (Å²) in [4.78, 5) is 23.4. The molecule has 110 valence electrons. The van der Waals surface area contributed by atoms with Crippen molar-refractivity contribution in [1.82, 2.24) is 0 Å². The number of halogens is 1. The summed E-state index contributed by atoms with van der Waals surface area (Å²) in [6, 6.07) is 3.88. The quantitative estimate of drug-likeness (QED) is 0.843. The first-order valence-electron chi connectivity index (χ1n) is 6.55. The maximum atomic E-state index is 13.6. The van der Waals surface area contributed by atoms with Crippen molar-refractivity contribution >= 4 is 17.6 Å². The molecule has 0 radical (unpaired) electrons. The smallest absolute Gasteiger partial charge is 0.412 e. The lowest BCUT2D eigenvalue weighted by atomic mass is 10.1. The number of ether oxygens (including phenoxy) is 1. The number of benzene rings is 1. The lowest BCUT2D eigenvalue weighted by Crippen LogP contribution is -2.27. The summed E-state index contributed by atoms with van der Waals surface area (Å²) in [6.07, 6.45) is 0.271. The topological polar surface area (TPSA) is 55.4 Å². The molecular formula is C15H20FNO3. The average Bonchev–Trinajstić information content (AvgIpc) is 2.29. The summed E-state index contributed by atoms with van der Waals surface area (Å²) in [6.45, 7) is 7.08. The molecule has 4 nitrogen and oxygen atoms in total. The van der Waals surface area contributed by atoms with E-state index in [-0.39, 0.29) is 17.8 Å². The molecule has 0 aliphatic heterocycles. The van der Waals surface area contributed by atoms with Gasteiger partial charge in [-0.1, -0.05) is 6.92 Å². The van der Waals surface area contributed by atoms with Gasteiger partial charge in [0.05, 0.1) is 5.56 Å². The van der Waals surface area contributed by atoms with Gasteiger partial charge in [-0.05, 0) is 45.4 Å². The van der Waals surface area contributed by atoms with E-state index in [0.717, 1.165) is 6.07 Å². The monoisotopic (exact) mass is 281 g/mol. The molecule has 0 bridgehead atoms. The molecule has 0 atom stereocenters. The van der Waals surface area contributed by atoms with Crippen LogP contribution in [0.3, 0.4) is 0 Å². The van der Waals surface area contributed by atoms with Crippen molar-refractivity contribution in [2.45, 2.75) is 46.1 Å². The number of carbonyl (C=O) groups excluding carboxylic acids is 2. The number of carbonyl (C=O) groups is 2. The van der Waals surface area contributed by atoms with E-state index in [2.05, 4.69) is 5.32 Å². The van der Waals surface area contributed by atoms with Gasteiger partial charge in [0.2, 0.25) is 0 Å². The van der Waals surface area contributed by atoms with Crippen LogP contribution in [0.4, 0.5) is 14.9 Å². The average molecular weight is 281 g/mol. The van der Waals surface area contributed by atoms with Gasteiger partial charge in [-0.15, -0.1) is 0 Å². The third-order valence-corrected chi connectivity index (χ3v) is 2.39. The molecule has 0 aliphatic rings. The summed E-state index contributed by atoms with van der Waals surface area (Å²) < 4.78 is 18.7. The molecule has 5 heteroatoms. The Labute approximate surface area is 118 Å². The van der Waals surface area contributed by atoms with E-state index in [1.807, 2.05) is 6.92 Å². The van der Waals surface area contributed by atoms with Gasteiger partial charge in [0.15, 0.2) is 5.78 Å². The zero-order valence-corrected chi connectivity index (χ0v) is 12.2. The van der Waals surface area contributed by atoms with Crippen LogP contribution in [0.2, 0.25) is 0 Å². The fraction of sp³-hybridized carbons (Fsp3) is 0.467. The second kappa shape index (κ2) is 6.50. The molecule has 0 aromatic heterocycles. The van der Waals surface area contributed by atoms with Gasteiger partial charge >= 0.3 is 6.09 Å². The van der Waals surface area contributed by atoms with Crippen molar-refractivity contribution in [2.24, 2.45) is 0 Å².